The zero-order valence-corrected chi connectivity index (χ0v) is 25.4. The first kappa shape index (κ1) is 30.2. The number of amides is 2. The quantitative estimate of drug-likeness (QED) is 0.416. The zero-order chi connectivity index (χ0) is 28.1. The summed E-state index contributed by atoms with van der Waals surface area (Å²) in [5, 5.41) is 3.11. The van der Waals surface area contributed by atoms with Gasteiger partial charge in [-0.25, -0.2) is 8.42 Å². The second kappa shape index (κ2) is 12.6. The van der Waals surface area contributed by atoms with Crippen LogP contribution in [-0.4, -0.2) is 50.0 Å². The number of benzene rings is 2. The van der Waals surface area contributed by atoms with Gasteiger partial charge in [0.25, 0.3) is 0 Å². The van der Waals surface area contributed by atoms with E-state index in [1.165, 1.54) is 11.3 Å². The molecule has 0 aliphatic heterocycles. The molecular formula is C29H40BrN3O4S. The zero-order valence-electron chi connectivity index (χ0n) is 23.0. The number of carbonyl (C=O) groups is 2. The molecule has 1 saturated carbocycles. The summed E-state index contributed by atoms with van der Waals surface area (Å²) in [6.45, 7) is 7.73. The van der Waals surface area contributed by atoms with Gasteiger partial charge in [0.2, 0.25) is 21.8 Å². The van der Waals surface area contributed by atoms with E-state index < -0.39 is 28.5 Å². The number of nitrogens with one attached hydrogen (secondary N) is 1. The third kappa shape index (κ3) is 8.30. The number of hydrogen-bond donors (Lipinski definition) is 1. The largest absolute Gasteiger partial charge is 0.352 e. The first-order valence-corrected chi connectivity index (χ1v) is 15.8. The van der Waals surface area contributed by atoms with Crippen LogP contribution in [0.1, 0.15) is 70.9 Å². The van der Waals surface area contributed by atoms with Gasteiger partial charge in [-0.05, 0) is 60.6 Å². The highest BCUT2D eigenvalue weighted by Gasteiger charge is 2.31. The lowest BCUT2D eigenvalue weighted by Crippen LogP contribution is -2.52. The molecule has 38 heavy (non-hydrogen) atoms. The van der Waals surface area contributed by atoms with Crippen molar-refractivity contribution in [2.24, 2.45) is 0 Å². The van der Waals surface area contributed by atoms with Gasteiger partial charge in [-0.2, -0.15) is 0 Å². The highest BCUT2D eigenvalue weighted by atomic mass is 79.9. The average Bonchev–Trinajstić information content (AvgIpc) is 2.85. The summed E-state index contributed by atoms with van der Waals surface area (Å²) in [6.07, 6.45) is 6.30. The van der Waals surface area contributed by atoms with Crippen LogP contribution < -0.4 is 9.62 Å². The van der Waals surface area contributed by atoms with Crippen molar-refractivity contribution in [2.75, 3.05) is 17.1 Å². The smallest absolute Gasteiger partial charge is 0.244 e. The molecule has 1 atom stereocenters. The van der Waals surface area contributed by atoms with E-state index in [0.29, 0.717) is 5.69 Å². The van der Waals surface area contributed by atoms with E-state index in [1.807, 2.05) is 36.4 Å². The monoisotopic (exact) mass is 605 g/mol. The standard InChI is InChI=1S/C29H40BrN3O4S/c1-21(28(35)31-25-12-7-6-8-13-25)32(19-22-10-9-11-24(30)18-22)27(34)20-33(38(5,36)37)26-16-14-23(15-17-26)29(2,3)4/h9-11,14-18,21,25H,6-8,12-13,19-20H2,1-5H3,(H,31,35)/t21-/m0/s1. The van der Waals surface area contributed by atoms with Crippen molar-refractivity contribution in [3.05, 3.63) is 64.1 Å². The fourth-order valence-electron chi connectivity index (χ4n) is 4.72. The maximum atomic E-state index is 13.8. The third-order valence-electron chi connectivity index (χ3n) is 7.06. The van der Waals surface area contributed by atoms with Gasteiger partial charge < -0.3 is 10.2 Å². The number of rotatable bonds is 9. The molecule has 9 heteroatoms. The summed E-state index contributed by atoms with van der Waals surface area (Å²) >= 11 is 3.47. The molecule has 1 N–H and O–H groups in total. The number of anilines is 1. The second-order valence-electron chi connectivity index (χ2n) is 11.2. The van der Waals surface area contributed by atoms with E-state index in [2.05, 4.69) is 42.0 Å². The van der Waals surface area contributed by atoms with Crippen LogP contribution in [0.15, 0.2) is 53.0 Å². The third-order valence-corrected chi connectivity index (χ3v) is 8.70. The van der Waals surface area contributed by atoms with Crippen LogP contribution in [0, 0.1) is 0 Å². The predicted molar refractivity (Wildman–Crippen MR) is 157 cm³/mol. The molecule has 208 valence electrons. The van der Waals surface area contributed by atoms with E-state index in [4.69, 9.17) is 0 Å². The fourth-order valence-corrected chi connectivity index (χ4v) is 6.02. The Balaban J connectivity index is 1.88. The number of hydrogen-bond acceptors (Lipinski definition) is 4. The summed E-state index contributed by atoms with van der Waals surface area (Å²) < 4.78 is 27.6. The Labute approximate surface area is 236 Å². The summed E-state index contributed by atoms with van der Waals surface area (Å²) in [4.78, 5) is 28.5. The van der Waals surface area contributed by atoms with Crippen LogP contribution in [0.2, 0.25) is 0 Å². The molecule has 2 amide bonds. The van der Waals surface area contributed by atoms with Crippen LogP contribution in [0.25, 0.3) is 0 Å². The fraction of sp³-hybridized carbons (Fsp3) is 0.517. The van der Waals surface area contributed by atoms with Gasteiger partial charge in [0.05, 0.1) is 11.9 Å². The number of nitrogens with zero attached hydrogens (tertiary/aromatic N) is 2. The van der Waals surface area contributed by atoms with Crippen molar-refractivity contribution < 1.29 is 18.0 Å². The van der Waals surface area contributed by atoms with Crippen molar-refractivity contribution in [2.45, 2.75) is 83.8 Å². The first-order chi connectivity index (χ1) is 17.8. The van der Waals surface area contributed by atoms with Gasteiger partial charge >= 0.3 is 0 Å². The minimum Gasteiger partial charge on any atom is -0.352 e. The Morgan fingerprint density at radius 3 is 2.24 bits per heavy atom. The minimum absolute atomic E-state index is 0.0911. The Kier molecular flexibility index (Phi) is 10.0. The Morgan fingerprint density at radius 1 is 1.05 bits per heavy atom. The topological polar surface area (TPSA) is 86.8 Å². The minimum atomic E-state index is -3.77. The molecule has 2 aromatic carbocycles. The highest BCUT2D eigenvalue weighted by molar-refractivity contribution is 9.10. The molecule has 7 nitrogen and oxygen atoms in total. The summed E-state index contributed by atoms with van der Waals surface area (Å²) in [7, 11) is -3.77. The lowest BCUT2D eigenvalue weighted by atomic mass is 9.87. The molecule has 0 saturated heterocycles. The van der Waals surface area contributed by atoms with Gasteiger partial charge in [-0.15, -0.1) is 0 Å². The molecule has 0 heterocycles. The van der Waals surface area contributed by atoms with Crippen molar-refractivity contribution in [1.82, 2.24) is 10.2 Å². The number of carbonyl (C=O) groups excluding carboxylic acids is 2. The number of sulfonamides is 1. The molecule has 1 fully saturated rings. The van der Waals surface area contributed by atoms with Gasteiger partial charge in [-0.3, -0.25) is 13.9 Å². The lowest BCUT2D eigenvalue weighted by molar-refractivity contribution is -0.139. The van der Waals surface area contributed by atoms with Crippen molar-refractivity contribution in [1.29, 1.82) is 0 Å². The molecule has 3 rings (SSSR count). The van der Waals surface area contributed by atoms with Crippen LogP contribution >= 0.6 is 15.9 Å². The van der Waals surface area contributed by atoms with Crippen LogP contribution in [0.4, 0.5) is 5.69 Å². The molecule has 0 radical (unpaired) electrons. The van der Waals surface area contributed by atoms with E-state index in [9.17, 15) is 18.0 Å². The van der Waals surface area contributed by atoms with Gasteiger partial charge in [0, 0.05) is 17.1 Å². The Bertz CT molecular complexity index is 1220. The average molecular weight is 607 g/mol. The second-order valence-corrected chi connectivity index (χ2v) is 14.1. The van der Waals surface area contributed by atoms with Crippen molar-refractivity contribution in [3.8, 4) is 0 Å². The van der Waals surface area contributed by atoms with Crippen LogP contribution in [0.5, 0.6) is 0 Å². The predicted octanol–water partition coefficient (Wildman–Crippen LogP) is 5.38. The number of halogens is 1. The van der Waals surface area contributed by atoms with Gasteiger partial charge in [-0.1, -0.05) is 80.2 Å². The Hall–Kier alpha value is -2.39. The molecule has 1 aliphatic rings. The van der Waals surface area contributed by atoms with E-state index in [0.717, 1.165) is 51.8 Å². The van der Waals surface area contributed by atoms with E-state index in [-0.39, 0.29) is 23.9 Å². The lowest BCUT2D eigenvalue weighted by Gasteiger charge is -2.33. The Morgan fingerprint density at radius 2 is 1.68 bits per heavy atom. The SMILES string of the molecule is C[C@@H](C(=O)NC1CCCCC1)N(Cc1cccc(Br)c1)C(=O)CN(c1ccc(C(C)(C)C)cc1)S(C)(=O)=O. The molecular weight excluding hydrogens is 566 g/mol. The van der Waals surface area contributed by atoms with E-state index in [1.54, 1.807) is 19.1 Å². The molecule has 0 unspecified atom stereocenters. The molecule has 0 aromatic heterocycles. The van der Waals surface area contributed by atoms with Gasteiger partial charge in [0.15, 0.2) is 0 Å². The van der Waals surface area contributed by atoms with Crippen molar-refractivity contribution in [3.63, 3.8) is 0 Å². The summed E-state index contributed by atoms with van der Waals surface area (Å²) in [6, 6.07) is 14.1. The maximum absolute atomic E-state index is 13.8. The highest BCUT2D eigenvalue weighted by Crippen LogP contribution is 2.26. The molecule has 2 aromatic rings. The van der Waals surface area contributed by atoms with Crippen LogP contribution in [0.3, 0.4) is 0 Å². The van der Waals surface area contributed by atoms with Crippen molar-refractivity contribution >= 4 is 43.5 Å². The summed E-state index contributed by atoms with van der Waals surface area (Å²) in [5.74, 6) is -0.665. The molecule has 1 aliphatic carbocycles. The molecule has 0 bridgehead atoms. The molecule has 0 spiro atoms. The van der Waals surface area contributed by atoms with Gasteiger partial charge in [0.1, 0.15) is 12.6 Å². The van der Waals surface area contributed by atoms with E-state index >= 15 is 0 Å². The summed E-state index contributed by atoms with van der Waals surface area (Å²) in [5.41, 5.74) is 2.22. The maximum Gasteiger partial charge on any atom is 0.244 e. The first-order valence-electron chi connectivity index (χ1n) is 13.2. The normalized spacial score (nSPS) is 15.5. The van der Waals surface area contributed by atoms with Crippen LogP contribution in [-0.2, 0) is 31.6 Å².